The summed E-state index contributed by atoms with van der Waals surface area (Å²) in [5.41, 5.74) is 2.95. The van der Waals surface area contributed by atoms with Crippen LogP contribution >= 0.6 is 0 Å². The molecule has 1 aromatic heterocycles. The third-order valence-corrected chi connectivity index (χ3v) is 3.80. The number of hydrogen-bond donors (Lipinski definition) is 3. The molecule has 3 amide bonds. The van der Waals surface area contributed by atoms with Crippen LogP contribution in [0.1, 0.15) is 0 Å². The number of carbonyl (C=O) groups excluding carboxylic acids is 2. The third-order valence-electron chi connectivity index (χ3n) is 3.80. The quantitative estimate of drug-likeness (QED) is 0.674. The number of nitrogens with one attached hydrogen (secondary N) is 3. The minimum Gasteiger partial charge on any atom is -0.452 e. The first kappa shape index (κ1) is 16.4. The van der Waals surface area contributed by atoms with Gasteiger partial charge >= 0.3 is 12.1 Å². The lowest BCUT2D eigenvalue weighted by atomic mass is 10.2. The van der Waals surface area contributed by atoms with Gasteiger partial charge in [-0.1, -0.05) is 6.07 Å². The van der Waals surface area contributed by atoms with E-state index in [1.165, 1.54) is 12.0 Å². The normalized spacial score (nSPS) is 10.3. The van der Waals surface area contributed by atoms with Crippen molar-refractivity contribution < 1.29 is 14.3 Å². The molecule has 3 rings (SSSR count). The first-order chi connectivity index (χ1) is 12.1. The largest absolute Gasteiger partial charge is 0.452 e. The van der Waals surface area contributed by atoms with Crippen LogP contribution in [0.4, 0.5) is 26.7 Å². The fraction of sp³-hybridized carbons (Fsp3) is 0.111. The van der Waals surface area contributed by atoms with Crippen molar-refractivity contribution in [3.8, 4) is 0 Å². The zero-order valence-corrected chi connectivity index (χ0v) is 13.9. The lowest BCUT2D eigenvalue weighted by molar-refractivity contribution is 0.180. The molecule has 0 unspecified atom stereocenters. The van der Waals surface area contributed by atoms with Crippen molar-refractivity contribution >= 4 is 40.1 Å². The molecule has 3 aromatic rings. The second-order valence-corrected chi connectivity index (χ2v) is 5.40. The van der Waals surface area contributed by atoms with Crippen LogP contribution in [0, 0.1) is 0 Å². The Bertz CT molecular complexity index is 902. The molecule has 0 radical (unpaired) electrons. The van der Waals surface area contributed by atoms with Crippen LogP contribution in [0.5, 0.6) is 0 Å². The van der Waals surface area contributed by atoms with E-state index in [0.29, 0.717) is 11.4 Å². The Balaban J connectivity index is 1.67. The number of anilines is 3. The summed E-state index contributed by atoms with van der Waals surface area (Å²) in [6.07, 6.45) is 1.36. The maximum absolute atomic E-state index is 12.2. The van der Waals surface area contributed by atoms with Gasteiger partial charge in [-0.2, -0.15) is 0 Å². The average molecular weight is 338 g/mol. The maximum Gasteiger partial charge on any atom is 0.413 e. The number of carbonyl (C=O) groups is 2. The number of methoxy groups -OCH3 is 1. The summed E-state index contributed by atoms with van der Waals surface area (Å²) < 4.78 is 4.66. The van der Waals surface area contributed by atoms with Crippen molar-refractivity contribution in [2.24, 2.45) is 0 Å². The summed E-state index contributed by atoms with van der Waals surface area (Å²) >= 11 is 0. The van der Waals surface area contributed by atoms with Gasteiger partial charge in [0.05, 0.1) is 12.8 Å². The van der Waals surface area contributed by atoms with E-state index in [2.05, 4.69) is 20.4 Å². The second kappa shape index (κ2) is 6.96. The molecule has 0 saturated heterocycles. The molecule has 7 heteroatoms. The monoisotopic (exact) mass is 338 g/mol. The van der Waals surface area contributed by atoms with E-state index in [0.717, 1.165) is 16.6 Å². The van der Waals surface area contributed by atoms with E-state index in [9.17, 15) is 9.59 Å². The number of aromatic amines is 1. The topological polar surface area (TPSA) is 86.5 Å². The van der Waals surface area contributed by atoms with E-state index in [-0.39, 0.29) is 6.03 Å². The number of rotatable bonds is 3. The Morgan fingerprint density at radius 1 is 1.04 bits per heavy atom. The summed E-state index contributed by atoms with van der Waals surface area (Å²) in [6.45, 7) is 0. The number of amides is 3. The Labute approximate surface area is 144 Å². The van der Waals surface area contributed by atoms with Crippen LogP contribution in [0.2, 0.25) is 0 Å². The number of fused-ring (bicyclic) bond motifs is 1. The SMILES string of the molecule is COC(=O)N(C)c1ccc(NC(=O)Nc2cccc3[nH]ccc23)cc1. The second-order valence-electron chi connectivity index (χ2n) is 5.40. The Morgan fingerprint density at radius 2 is 1.80 bits per heavy atom. The maximum atomic E-state index is 12.2. The molecule has 2 aromatic carbocycles. The molecular formula is C18H18N4O3. The molecule has 0 saturated carbocycles. The minimum absolute atomic E-state index is 0.345. The first-order valence-corrected chi connectivity index (χ1v) is 7.64. The van der Waals surface area contributed by atoms with Crippen molar-refractivity contribution in [2.75, 3.05) is 29.7 Å². The molecule has 0 spiro atoms. The molecule has 7 nitrogen and oxygen atoms in total. The van der Waals surface area contributed by atoms with Gasteiger partial charge in [0.25, 0.3) is 0 Å². The van der Waals surface area contributed by atoms with Gasteiger partial charge in [-0.3, -0.25) is 4.90 Å². The molecule has 1 heterocycles. The zero-order valence-electron chi connectivity index (χ0n) is 13.9. The number of ether oxygens (including phenoxy) is 1. The molecule has 0 bridgehead atoms. The van der Waals surface area contributed by atoms with Crippen LogP contribution in [-0.4, -0.2) is 31.3 Å². The predicted molar refractivity (Wildman–Crippen MR) is 98.2 cm³/mol. The fourth-order valence-electron chi connectivity index (χ4n) is 2.49. The summed E-state index contributed by atoms with van der Waals surface area (Å²) in [4.78, 5) is 28.2. The highest BCUT2D eigenvalue weighted by molar-refractivity contribution is 6.05. The highest BCUT2D eigenvalue weighted by atomic mass is 16.5. The van der Waals surface area contributed by atoms with Crippen LogP contribution < -0.4 is 15.5 Å². The van der Waals surface area contributed by atoms with E-state index in [4.69, 9.17) is 0 Å². The summed E-state index contributed by atoms with van der Waals surface area (Å²) in [6, 6.07) is 14.1. The van der Waals surface area contributed by atoms with Crippen molar-refractivity contribution in [3.63, 3.8) is 0 Å². The molecule has 3 N–H and O–H groups in total. The number of hydrogen-bond acceptors (Lipinski definition) is 3. The summed E-state index contributed by atoms with van der Waals surface area (Å²) in [5.74, 6) is 0. The lowest BCUT2D eigenvalue weighted by Gasteiger charge is -2.16. The van der Waals surface area contributed by atoms with Gasteiger partial charge in [-0.05, 0) is 42.5 Å². The molecule has 25 heavy (non-hydrogen) atoms. The molecule has 128 valence electrons. The van der Waals surface area contributed by atoms with Crippen LogP contribution in [0.25, 0.3) is 10.9 Å². The van der Waals surface area contributed by atoms with Gasteiger partial charge in [-0.25, -0.2) is 9.59 Å². The minimum atomic E-state index is -0.460. The highest BCUT2D eigenvalue weighted by Crippen LogP contribution is 2.23. The Kier molecular flexibility index (Phi) is 4.56. The fourth-order valence-corrected chi connectivity index (χ4v) is 2.49. The standard InChI is InChI=1S/C18H18N4O3/c1-22(18(24)25-2)13-8-6-12(7-9-13)20-17(23)21-16-5-3-4-15-14(16)10-11-19-15/h3-11,19H,1-2H3,(H2,20,21,23). The first-order valence-electron chi connectivity index (χ1n) is 7.64. The molecule has 0 aliphatic heterocycles. The molecular weight excluding hydrogens is 320 g/mol. The van der Waals surface area contributed by atoms with Crippen LogP contribution in [0.15, 0.2) is 54.7 Å². The average Bonchev–Trinajstić information content (AvgIpc) is 3.11. The molecule has 0 fully saturated rings. The van der Waals surface area contributed by atoms with Gasteiger partial charge in [0.15, 0.2) is 0 Å². The number of aromatic nitrogens is 1. The van der Waals surface area contributed by atoms with Crippen molar-refractivity contribution in [1.29, 1.82) is 0 Å². The number of urea groups is 1. The molecule has 0 atom stereocenters. The van der Waals surface area contributed by atoms with Crippen LogP contribution in [-0.2, 0) is 4.74 Å². The Morgan fingerprint density at radius 3 is 2.52 bits per heavy atom. The highest BCUT2D eigenvalue weighted by Gasteiger charge is 2.11. The number of benzene rings is 2. The van der Waals surface area contributed by atoms with E-state index < -0.39 is 6.09 Å². The smallest absolute Gasteiger partial charge is 0.413 e. The zero-order chi connectivity index (χ0) is 17.8. The molecule has 0 aliphatic rings. The van der Waals surface area contributed by atoms with E-state index >= 15 is 0 Å². The van der Waals surface area contributed by atoms with Crippen molar-refractivity contribution in [3.05, 3.63) is 54.7 Å². The third kappa shape index (κ3) is 3.55. The predicted octanol–water partition coefficient (Wildman–Crippen LogP) is 4.01. The van der Waals surface area contributed by atoms with E-state index in [1.54, 1.807) is 31.3 Å². The van der Waals surface area contributed by atoms with Gasteiger partial charge < -0.3 is 20.4 Å². The van der Waals surface area contributed by atoms with Gasteiger partial charge in [0.1, 0.15) is 0 Å². The van der Waals surface area contributed by atoms with Crippen molar-refractivity contribution in [1.82, 2.24) is 4.98 Å². The van der Waals surface area contributed by atoms with E-state index in [1.807, 2.05) is 30.5 Å². The molecule has 0 aliphatic carbocycles. The number of nitrogens with zero attached hydrogens (tertiary/aromatic N) is 1. The van der Waals surface area contributed by atoms with Crippen molar-refractivity contribution in [2.45, 2.75) is 0 Å². The van der Waals surface area contributed by atoms with Gasteiger partial charge in [0.2, 0.25) is 0 Å². The summed E-state index contributed by atoms with van der Waals surface area (Å²) in [7, 11) is 2.93. The summed E-state index contributed by atoms with van der Waals surface area (Å²) in [5, 5.41) is 6.53. The number of H-pyrrole nitrogens is 1. The van der Waals surface area contributed by atoms with Gasteiger partial charge in [-0.15, -0.1) is 0 Å². The lowest BCUT2D eigenvalue weighted by Crippen LogP contribution is -2.25. The van der Waals surface area contributed by atoms with Crippen LogP contribution in [0.3, 0.4) is 0 Å². The Hall–Kier alpha value is -3.48. The van der Waals surface area contributed by atoms with Gasteiger partial charge in [0, 0.05) is 35.5 Å².